The van der Waals surface area contributed by atoms with Crippen LogP contribution in [-0.2, 0) is 6.42 Å². The van der Waals surface area contributed by atoms with Crippen molar-refractivity contribution in [2.45, 2.75) is 38.5 Å². The largest absolute Gasteiger partial charge is 0.383 e. The first-order valence-corrected chi connectivity index (χ1v) is 7.38. The predicted molar refractivity (Wildman–Crippen MR) is 77.9 cm³/mol. The van der Waals surface area contributed by atoms with Crippen LogP contribution in [0, 0.1) is 0 Å². The van der Waals surface area contributed by atoms with Gasteiger partial charge in [-0.05, 0) is 18.8 Å². The van der Waals surface area contributed by atoms with Crippen LogP contribution in [0.2, 0.25) is 0 Å². The molecule has 19 heavy (non-hydrogen) atoms. The van der Waals surface area contributed by atoms with E-state index >= 15 is 0 Å². The fraction of sp³-hybridized carbons (Fsp3) is 0.462. The van der Waals surface area contributed by atoms with Gasteiger partial charge in [0.1, 0.15) is 22.5 Å². The second-order valence-corrected chi connectivity index (χ2v) is 5.90. The number of aromatic nitrogens is 3. The average molecular weight is 275 g/mol. The number of anilines is 2. The number of nitrogens with two attached hydrogens (primary N) is 2. The van der Waals surface area contributed by atoms with Crippen LogP contribution in [0.3, 0.4) is 0 Å². The van der Waals surface area contributed by atoms with Gasteiger partial charge in [0.25, 0.3) is 0 Å². The molecule has 0 spiro atoms. The summed E-state index contributed by atoms with van der Waals surface area (Å²) in [5, 5.41) is 0.833. The zero-order chi connectivity index (χ0) is 13.4. The SMILES string of the molecule is CCc1nc(N)c(-c2ncc(C3CCC3)s2)c(N)n1. The van der Waals surface area contributed by atoms with E-state index in [1.165, 1.54) is 24.1 Å². The molecule has 2 aromatic heterocycles. The lowest BCUT2D eigenvalue weighted by Gasteiger charge is -2.23. The van der Waals surface area contributed by atoms with Gasteiger partial charge in [0.05, 0.1) is 5.56 Å². The van der Waals surface area contributed by atoms with Crippen molar-refractivity contribution in [1.82, 2.24) is 15.0 Å². The summed E-state index contributed by atoms with van der Waals surface area (Å²) in [5.41, 5.74) is 12.7. The molecular formula is C13H17N5S. The normalized spacial score (nSPS) is 15.4. The smallest absolute Gasteiger partial charge is 0.139 e. The molecule has 1 aliphatic rings. The zero-order valence-electron chi connectivity index (χ0n) is 10.9. The van der Waals surface area contributed by atoms with Gasteiger partial charge >= 0.3 is 0 Å². The molecule has 6 heteroatoms. The second-order valence-electron chi connectivity index (χ2n) is 4.83. The van der Waals surface area contributed by atoms with Crippen molar-refractivity contribution in [2.24, 2.45) is 0 Å². The Morgan fingerprint density at radius 2 is 1.95 bits per heavy atom. The third-order valence-electron chi connectivity index (χ3n) is 3.57. The van der Waals surface area contributed by atoms with Gasteiger partial charge in [-0.15, -0.1) is 11.3 Å². The van der Waals surface area contributed by atoms with Crippen molar-refractivity contribution in [3.63, 3.8) is 0 Å². The molecule has 0 aromatic carbocycles. The maximum Gasteiger partial charge on any atom is 0.139 e. The van der Waals surface area contributed by atoms with E-state index in [-0.39, 0.29) is 0 Å². The van der Waals surface area contributed by atoms with Crippen molar-refractivity contribution in [1.29, 1.82) is 0 Å². The summed E-state index contributed by atoms with van der Waals surface area (Å²) in [6, 6.07) is 0. The maximum atomic E-state index is 6.00. The molecule has 5 nitrogen and oxygen atoms in total. The Balaban J connectivity index is 1.99. The summed E-state index contributed by atoms with van der Waals surface area (Å²) in [5.74, 6) is 2.21. The van der Waals surface area contributed by atoms with E-state index in [1.54, 1.807) is 11.3 Å². The molecular weight excluding hydrogens is 258 g/mol. The van der Waals surface area contributed by atoms with Crippen LogP contribution >= 0.6 is 11.3 Å². The Morgan fingerprint density at radius 3 is 2.47 bits per heavy atom. The minimum absolute atomic E-state index is 0.429. The Kier molecular flexibility index (Phi) is 3.10. The van der Waals surface area contributed by atoms with Crippen LogP contribution in [0.1, 0.15) is 42.8 Å². The number of hydrogen-bond acceptors (Lipinski definition) is 6. The molecule has 0 unspecified atom stereocenters. The number of rotatable bonds is 3. The molecule has 1 aliphatic carbocycles. The molecule has 0 aliphatic heterocycles. The van der Waals surface area contributed by atoms with Crippen molar-refractivity contribution in [2.75, 3.05) is 11.5 Å². The first-order chi connectivity index (χ1) is 9.19. The molecule has 0 amide bonds. The van der Waals surface area contributed by atoms with Gasteiger partial charge in [-0.25, -0.2) is 15.0 Å². The highest BCUT2D eigenvalue weighted by atomic mass is 32.1. The number of thiazole rings is 1. The van der Waals surface area contributed by atoms with Crippen LogP contribution in [0.15, 0.2) is 6.20 Å². The van der Waals surface area contributed by atoms with E-state index in [4.69, 9.17) is 11.5 Å². The molecule has 1 saturated carbocycles. The summed E-state index contributed by atoms with van der Waals surface area (Å²) in [6.45, 7) is 1.98. The van der Waals surface area contributed by atoms with E-state index in [0.29, 0.717) is 28.9 Å². The fourth-order valence-corrected chi connectivity index (χ4v) is 3.35. The summed E-state index contributed by atoms with van der Waals surface area (Å²) in [7, 11) is 0. The zero-order valence-corrected chi connectivity index (χ0v) is 11.7. The van der Waals surface area contributed by atoms with E-state index < -0.39 is 0 Å². The van der Waals surface area contributed by atoms with Gasteiger partial charge in [-0.3, -0.25) is 0 Å². The van der Waals surface area contributed by atoms with Crippen LogP contribution in [0.25, 0.3) is 10.6 Å². The lowest BCUT2D eigenvalue weighted by atomic mass is 9.85. The lowest BCUT2D eigenvalue weighted by molar-refractivity contribution is 0.425. The third kappa shape index (κ3) is 2.16. The fourth-order valence-electron chi connectivity index (χ4n) is 2.21. The minimum Gasteiger partial charge on any atom is -0.383 e. The van der Waals surface area contributed by atoms with Crippen LogP contribution in [0.4, 0.5) is 11.6 Å². The predicted octanol–water partition coefficient (Wildman–Crippen LogP) is 2.59. The highest BCUT2D eigenvalue weighted by molar-refractivity contribution is 7.15. The first kappa shape index (κ1) is 12.3. The molecule has 2 aromatic rings. The highest BCUT2D eigenvalue weighted by Gasteiger charge is 2.23. The Labute approximate surface area is 116 Å². The summed E-state index contributed by atoms with van der Waals surface area (Å²) in [4.78, 5) is 14.3. The molecule has 0 saturated heterocycles. The van der Waals surface area contributed by atoms with Crippen LogP contribution < -0.4 is 11.5 Å². The lowest BCUT2D eigenvalue weighted by Crippen LogP contribution is -2.06. The molecule has 0 radical (unpaired) electrons. The van der Waals surface area contributed by atoms with E-state index in [2.05, 4.69) is 15.0 Å². The van der Waals surface area contributed by atoms with E-state index in [0.717, 1.165) is 11.4 Å². The Morgan fingerprint density at radius 1 is 1.26 bits per heavy atom. The van der Waals surface area contributed by atoms with Crippen LogP contribution in [0.5, 0.6) is 0 Å². The quantitative estimate of drug-likeness (QED) is 0.898. The van der Waals surface area contributed by atoms with E-state index in [1.807, 2.05) is 13.1 Å². The average Bonchev–Trinajstić information content (AvgIpc) is 2.74. The van der Waals surface area contributed by atoms with Crippen molar-refractivity contribution < 1.29 is 0 Å². The maximum absolute atomic E-state index is 6.00. The standard InChI is InChI=1S/C13H17N5S/c1-2-9-17-11(14)10(12(15)18-9)13-16-6-8(19-13)7-4-3-5-7/h6-7H,2-5H2,1H3,(H4,14,15,17,18). The van der Waals surface area contributed by atoms with Crippen molar-refractivity contribution >= 4 is 23.0 Å². The number of nitrogen functional groups attached to an aromatic ring is 2. The molecule has 0 atom stereocenters. The number of nitrogens with zero attached hydrogens (tertiary/aromatic N) is 3. The topological polar surface area (TPSA) is 90.7 Å². The number of aryl methyl sites for hydroxylation is 1. The minimum atomic E-state index is 0.429. The Bertz CT molecular complexity index is 580. The summed E-state index contributed by atoms with van der Waals surface area (Å²) in [6.07, 6.45) is 6.50. The summed E-state index contributed by atoms with van der Waals surface area (Å²) >= 11 is 1.66. The van der Waals surface area contributed by atoms with Gasteiger partial charge in [-0.1, -0.05) is 13.3 Å². The highest BCUT2D eigenvalue weighted by Crippen LogP contribution is 2.42. The number of hydrogen-bond donors (Lipinski definition) is 2. The van der Waals surface area contributed by atoms with Gasteiger partial charge in [0.15, 0.2) is 0 Å². The first-order valence-electron chi connectivity index (χ1n) is 6.57. The third-order valence-corrected chi connectivity index (χ3v) is 4.75. The van der Waals surface area contributed by atoms with Gasteiger partial charge < -0.3 is 11.5 Å². The van der Waals surface area contributed by atoms with Gasteiger partial charge in [-0.2, -0.15) is 0 Å². The second kappa shape index (κ2) is 4.77. The van der Waals surface area contributed by atoms with Gasteiger partial charge in [0, 0.05) is 17.5 Å². The monoisotopic (exact) mass is 275 g/mol. The molecule has 2 heterocycles. The summed E-state index contributed by atoms with van der Waals surface area (Å²) < 4.78 is 0. The van der Waals surface area contributed by atoms with Crippen molar-refractivity contribution in [3.05, 3.63) is 16.9 Å². The van der Waals surface area contributed by atoms with Crippen molar-refractivity contribution in [3.8, 4) is 10.6 Å². The molecule has 4 N–H and O–H groups in total. The Hall–Kier alpha value is -1.69. The van der Waals surface area contributed by atoms with E-state index in [9.17, 15) is 0 Å². The molecule has 3 rings (SSSR count). The molecule has 0 bridgehead atoms. The van der Waals surface area contributed by atoms with Gasteiger partial charge in [0.2, 0.25) is 0 Å². The van der Waals surface area contributed by atoms with Crippen LogP contribution in [-0.4, -0.2) is 15.0 Å². The molecule has 100 valence electrons. The molecule has 1 fully saturated rings.